The zero-order chi connectivity index (χ0) is 20.7. The predicted molar refractivity (Wildman–Crippen MR) is 115 cm³/mol. The quantitative estimate of drug-likeness (QED) is 0.334. The number of nitrogens with one attached hydrogen (secondary N) is 1. The maximum Gasteiger partial charge on any atom is 0.266 e. The second kappa shape index (κ2) is 9.98. The van der Waals surface area contributed by atoms with Crippen LogP contribution in [0.5, 0.6) is 11.5 Å². The molecule has 0 aliphatic rings. The number of ether oxygens (including phenoxy) is 2. The molecule has 7 heteroatoms. The maximum atomic E-state index is 12.6. The van der Waals surface area contributed by atoms with Crippen LogP contribution in [-0.4, -0.2) is 19.6 Å². The third-order valence-electron chi connectivity index (χ3n) is 3.75. The summed E-state index contributed by atoms with van der Waals surface area (Å²) in [5.74, 6) is 0.453. The number of anilines is 1. The average molecular weight is 462 g/mol. The van der Waals surface area contributed by atoms with Crippen molar-refractivity contribution >= 4 is 45.2 Å². The number of nitrogens with zero attached hydrogens (tertiary/aromatic N) is 1. The Balaban J connectivity index is 2.35. The number of carbonyl (C=O) groups is 1. The molecule has 0 heterocycles. The van der Waals surface area contributed by atoms with E-state index in [0.29, 0.717) is 38.9 Å². The molecule has 0 saturated heterocycles. The van der Waals surface area contributed by atoms with Gasteiger partial charge in [0.15, 0.2) is 11.5 Å². The predicted octanol–water partition coefficient (Wildman–Crippen LogP) is 5.53. The van der Waals surface area contributed by atoms with Gasteiger partial charge in [-0.25, -0.2) is 0 Å². The van der Waals surface area contributed by atoms with E-state index in [-0.39, 0.29) is 5.57 Å². The van der Waals surface area contributed by atoms with Crippen molar-refractivity contribution in [2.45, 2.75) is 6.92 Å². The van der Waals surface area contributed by atoms with Crippen LogP contribution in [0.1, 0.15) is 11.1 Å². The van der Waals surface area contributed by atoms with Crippen molar-refractivity contribution in [1.82, 2.24) is 0 Å². The molecule has 0 unspecified atom stereocenters. The lowest BCUT2D eigenvalue weighted by Gasteiger charge is -2.12. The Kier molecular flexibility index (Phi) is 7.68. The van der Waals surface area contributed by atoms with Gasteiger partial charge in [0.05, 0.1) is 7.11 Å². The molecule has 28 heavy (non-hydrogen) atoms. The molecule has 0 aliphatic heterocycles. The van der Waals surface area contributed by atoms with Crippen LogP contribution in [0.2, 0.25) is 5.02 Å². The van der Waals surface area contributed by atoms with Gasteiger partial charge in [0, 0.05) is 15.2 Å². The summed E-state index contributed by atoms with van der Waals surface area (Å²) >= 11 is 9.41. The minimum absolute atomic E-state index is 0.0677. The van der Waals surface area contributed by atoms with Crippen LogP contribution >= 0.6 is 27.5 Å². The molecule has 0 spiro atoms. The Morgan fingerprint density at radius 3 is 2.75 bits per heavy atom. The van der Waals surface area contributed by atoms with E-state index in [0.717, 1.165) is 5.56 Å². The zero-order valence-corrected chi connectivity index (χ0v) is 17.7. The van der Waals surface area contributed by atoms with E-state index >= 15 is 0 Å². The third kappa shape index (κ3) is 5.38. The van der Waals surface area contributed by atoms with Gasteiger partial charge in [-0.15, -0.1) is 0 Å². The first-order valence-electron chi connectivity index (χ1n) is 8.20. The Morgan fingerprint density at radius 1 is 1.36 bits per heavy atom. The number of hydrogen-bond donors (Lipinski definition) is 1. The second-order valence-electron chi connectivity index (χ2n) is 5.71. The molecule has 2 rings (SSSR count). The summed E-state index contributed by atoms with van der Waals surface area (Å²) in [6.07, 6.45) is 3.09. The first kappa shape index (κ1) is 21.5. The van der Waals surface area contributed by atoms with Crippen molar-refractivity contribution in [3.8, 4) is 17.6 Å². The van der Waals surface area contributed by atoms with Gasteiger partial charge in [0.2, 0.25) is 0 Å². The largest absolute Gasteiger partial charge is 0.493 e. The summed E-state index contributed by atoms with van der Waals surface area (Å²) < 4.78 is 11.5. The van der Waals surface area contributed by atoms with Gasteiger partial charge in [0.25, 0.3) is 5.91 Å². The normalized spacial score (nSPS) is 10.8. The highest BCUT2D eigenvalue weighted by atomic mass is 79.9. The fourth-order valence-electron chi connectivity index (χ4n) is 2.31. The summed E-state index contributed by atoms with van der Waals surface area (Å²) in [7, 11) is 1.51. The van der Waals surface area contributed by atoms with Gasteiger partial charge < -0.3 is 14.8 Å². The number of benzene rings is 2. The molecule has 0 atom stereocenters. The summed E-state index contributed by atoms with van der Waals surface area (Å²) in [6, 6.07) is 10.5. The lowest BCUT2D eigenvalue weighted by molar-refractivity contribution is -0.112. The molecule has 0 saturated carbocycles. The number of rotatable bonds is 7. The first-order valence-corrected chi connectivity index (χ1v) is 9.37. The summed E-state index contributed by atoms with van der Waals surface area (Å²) in [4.78, 5) is 12.6. The van der Waals surface area contributed by atoms with E-state index in [1.807, 2.05) is 13.0 Å². The SMILES string of the molecule is C=CCOc1cc(Br)c(/C=C(\C#N)C(=O)Nc2cc(Cl)ccc2C)cc1OC. The first-order chi connectivity index (χ1) is 13.4. The average Bonchev–Trinajstić information content (AvgIpc) is 2.68. The van der Waals surface area contributed by atoms with E-state index in [9.17, 15) is 10.1 Å². The third-order valence-corrected chi connectivity index (χ3v) is 4.67. The topological polar surface area (TPSA) is 71.3 Å². The number of aryl methyl sites for hydroxylation is 1. The van der Waals surface area contributed by atoms with E-state index in [1.165, 1.54) is 13.2 Å². The summed E-state index contributed by atoms with van der Waals surface area (Å²) in [5, 5.41) is 12.7. The Hall–Kier alpha value is -2.75. The van der Waals surface area contributed by atoms with Gasteiger partial charge in [-0.3, -0.25) is 4.79 Å². The van der Waals surface area contributed by atoms with E-state index in [4.69, 9.17) is 21.1 Å². The van der Waals surface area contributed by atoms with E-state index in [1.54, 1.807) is 36.4 Å². The molecule has 144 valence electrons. The number of methoxy groups -OCH3 is 1. The van der Waals surface area contributed by atoms with Crippen LogP contribution in [-0.2, 0) is 4.79 Å². The molecule has 1 N–H and O–H groups in total. The molecular weight excluding hydrogens is 444 g/mol. The number of hydrogen-bond acceptors (Lipinski definition) is 4. The zero-order valence-electron chi connectivity index (χ0n) is 15.4. The molecule has 0 fully saturated rings. The monoisotopic (exact) mass is 460 g/mol. The highest BCUT2D eigenvalue weighted by molar-refractivity contribution is 9.10. The van der Waals surface area contributed by atoms with Crippen LogP contribution in [0, 0.1) is 18.3 Å². The molecule has 2 aromatic rings. The fraction of sp³-hybridized carbons (Fsp3) is 0.143. The van der Waals surface area contributed by atoms with Gasteiger partial charge in [-0.05, 0) is 48.4 Å². The molecule has 0 aliphatic carbocycles. The van der Waals surface area contributed by atoms with Crippen LogP contribution in [0.3, 0.4) is 0 Å². The maximum absolute atomic E-state index is 12.6. The van der Waals surface area contributed by atoms with Crippen LogP contribution < -0.4 is 14.8 Å². The van der Waals surface area contributed by atoms with Gasteiger partial charge in [-0.2, -0.15) is 5.26 Å². The highest BCUT2D eigenvalue weighted by Crippen LogP contribution is 2.34. The molecule has 1 amide bonds. The minimum Gasteiger partial charge on any atom is -0.493 e. The summed E-state index contributed by atoms with van der Waals surface area (Å²) in [5.41, 5.74) is 1.91. The van der Waals surface area contributed by atoms with Crippen LogP contribution in [0.4, 0.5) is 5.69 Å². The van der Waals surface area contributed by atoms with Gasteiger partial charge >= 0.3 is 0 Å². The number of amides is 1. The van der Waals surface area contributed by atoms with Crippen molar-refractivity contribution in [2.24, 2.45) is 0 Å². The minimum atomic E-state index is -0.536. The second-order valence-corrected chi connectivity index (χ2v) is 7.00. The van der Waals surface area contributed by atoms with E-state index < -0.39 is 5.91 Å². The molecule has 5 nitrogen and oxygen atoms in total. The molecular formula is C21H18BrClN2O3. The van der Waals surface area contributed by atoms with Crippen LogP contribution in [0.25, 0.3) is 6.08 Å². The smallest absolute Gasteiger partial charge is 0.266 e. The Morgan fingerprint density at radius 2 is 2.11 bits per heavy atom. The number of nitriles is 1. The van der Waals surface area contributed by atoms with Crippen molar-refractivity contribution in [2.75, 3.05) is 19.0 Å². The van der Waals surface area contributed by atoms with Crippen molar-refractivity contribution in [3.05, 3.63) is 69.2 Å². The van der Waals surface area contributed by atoms with Crippen LogP contribution in [0.15, 0.2) is 53.0 Å². The fourth-order valence-corrected chi connectivity index (χ4v) is 2.91. The summed E-state index contributed by atoms with van der Waals surface area (Å²) in [6.45, 7) is 5.77. The van der Waals surface area contributed by atoms with Crippen molar-refractivity contribution < 1.29 is 14.3 Å². The number of halogens is 2. The molecule has 2 aromatic carbocycles. The van der Waals surface area contributed by atoms with Crippen molar-refractivity contribution in [1.29, 1.82) is 5.26 Å². The number of carbonyl (C=O) groups excluding carboxylic acids is 1. The van der Waals surface area contributed by atoms with Crippen molar-refractivity contribution in [3.63, 3.8) is 0 Å². The lowest BCUT2D eigenvalue weighted by atomic mass is 10.1. The highest BCUT2D eigenvalue weighted by Gasteiger charge is 2.14. The molecule has 0 aromatic heterocycles. The van der Waals surface area contributed by atoms with Gasteiger partial charge in [-0.1, -0.05) is 46.3 Å². The lowest BCUT2D eigenvalue weighted by Crippen LogP contribution is -2.14. The Bertz CT molecular complexity index is 980. The van der Waals surface area contributed by atoms with Gasteiger partial charge in [0.1, 0.15) is 18.2 Å². The Labute approximate surface area is 177 Å². The molecule has 0 bridgehead atoms. The molecule has 0 radical (unpaired) electrons. The standard InChI is InChI=1S/C21H18BrClN2O3/c1-4-7-28-20-11-17(22)14(9-19(20)27-3)8-15(12-24)21(26)25-18-10-16(23)6-5-13(18)2/h4-6,8-11H,1,7H2,2-3H3,(H,25,26)/b15-8+. The van der Waals surface area contributed by atoms with E-state index in [2.05, 4.69) is 27.8 Å².